The van der Waals surface area contributed by atoms with E-state index >= 15 is 0 Å². The summed E-state index contributed by atoms with van der Waals surface area (Å²) >= 11 is 6.12. The summed E-state index contributed by atoms with van der Waals surface area (Å²) in [5.41, 5.74) is 1.43. The van der Waals surface area contributed by atoms with Crippen LogP contribution in [0.2, 0.25) is 0 Å². The largest absolute Gasteiger partial charge is 0.313 e. The zero-order valence-electron chi connectivity index (χ0n) is 11.8. The Morgan fingerprint density at radius 1 is 1.32 bits per heavy atom. The van der Waals surface area contributed by atoms with E-state index in [2.05, 4.69) is 76.0 Å². The second-order valence-electron chi connectivity index (χ2n) is 5.62. The number of halogens is 2. The van der Waals surface area contributed by atoms with Crippen LogP contribution >= 0.6 is 38.5 Å². The molecule has 0 radical (unpaired) electrons. The molecule has 1 aliphatic carbocycles. The Kier molecular flexibility index (Phi) is 6.15. The monoisotopic (exact) mass is 435 g/mol. The van der Waals surface area contributed by atoms with Gasteiger partial charge in [-0.05, 0) is 78.1 Å². The van der Waals surface area contributed by atoms with Crippen molar-refractivity contribution < 1.29 is 0 Å². The first-order valence-electron chi connectivity index (χ1n) is 7.28. The first kappa shape index (κ1) is 15.8. The van der Waals surface area contributed by atoms with Crippen LogP contribution in [0, 0.1) is 15.4 Å². The van der Waals surface area contributed by atoms with Crippen LogP contribution < -0.4 is 5.32 Å². The average Bonchev–Trinajstić information content (AvgIpc) is 2.44. The fourth-order valence-corrected chi connectivity index (χ4v) is 4.34. The third kappa shape index (κ3) is 3.94. The summed E-state index contributed by atoms with van der Waals surface area (Å²) in [5, 5.41) is 3.56. The fourth-order valence-electron chi connectivity index (χ4n) is 3.33. The first-order chi connectivity index (χ1) is 9.15. The van der Waals surface area contributed by atoms with Crippen LogP contribution in [0.15, 0.2) is 22.7 Å². The van der Waals surface area contributed by atoms with Gasteiger partial charge < -0.3 is 5.32 Å². The van der Waals surface area contributed by atoms with Crippen molar-refractivity contribution in [1.82, 2.24) is 5.32 Å². The van der Waals surface area contributed by atoms with E-state index in [1.165, 1.54) is 45.7 Å². The molecular formula is C16H23BrIN. The molecular weight excluding hydrogens is 413 g/mol. The third-order valence-corrected chi connectivity index (χ3v) is 5.94. The van der Waals surface area contributed by atoms with E-state index in [0.29, 0.717) is 6.04 Å². The van der Waals surface area contributed by atoms with Gasteiger partial charge >= 0.3 is 0 Å². The maximum Gasteiger partial charge on any atom is 0.0357 e. The normalized spacial score (nSPS) is 25.3. The zero-order valence-corrected chi connectivity index (χ0v) is 15.5. The van der Waals surface area contributed by atoms with Crippen molar-refractivity contribution in [3.8, 4) is 0 Å². The highest BCUT2D eigenvalue weighted by atomic mass is 127. The van der Waals surface area contributed by atoms with Crippen molar-refractivity contribution in [3.63, 3.8) is 0 Å². The molecule has 0 aliphatic heterocycles. The van der Waals surface area contributed by atoms with Gasteiger partial charge in [0.25, 0.3) is 0 Å². The van der Waals surface area contributed by atoms with Crippen LogP contribution in [-0.4, -0.2) is 7.05 Å². The quantitative estimate of drug-likeness (QED) is 0.613. The van der Waals surface area contributed by atoms with Gasteiger partial charge in [0.05, 0.1) is 0 Å². The molecule has 0 saturated heterocycles. The van der Waals surface area contributed by atoms with E-state index in [9.17, 15) is 0 Å². The maximum absolute atomic E-state index is 3.72. The summed E-state index contributed by atoms with van der Waals surface area (Å²) in [6.07, 6.45) is 6.88. The molecule has 0 heterocycles. The lowest BCUT2D eigenvalue weighted by Crippen LogP contribution is -2.29. The Morgan fingerprint density at radius 2 is 2.00 bits per heavy atom. The SMILES string of the molecule is CCC1CCC(C(NC)c2cc(I)ccc2Br)CC1. The maximum atomic E-state index is 3.72. The molecule has 1 unspecified atom stereocenters. The van der Waals surface area contributed by atoms with Crippen molar-refractivity contribution in [3.05, 3.63) is 31.8 Å². The smallest absolute Gasteiger partial charge is 0.0357 e. The van der Waals surface area contributed by atoms with Crippen LogP contribution in [-0.2, 0) is 0 Å². The van der Waals surface area contributed by atoms with Crippen molar-refractivity contribution in [2.24, 2.45) is 11.8 Å². The van der Waals surface area contributed by atoms with Gasteiger partial charge in [-0.3, -0.25) is 0 Å². The number of hydrogen-bond acceptors (Lipinski definition) is 1. The molecule has 1 aromatic carbocycles. The second kappa shape index (κ2) is 7.41. The van der Waals surface area contributed by atoms with E-state index in [0.717, 1.165) is 11.8 Å². The lowest BCUT2D eigenvalue weighted by atomic mass is 9.76. The van der Waals surface area contributed by atoms with Crippen LogP contribution in [0.1, 0.15) is 50.6 Å². The Hall–Kier alpha value is 0.390. The van der Waals surface area contributed by atoms with Crippen LogP contribution in [0.4, 0.5) is 0 Å². The molecule has 1 aromatic rings. The summed E-state index contributed by atoms with van der Waals surface area (Å²) in [4.78, 5) is 0. The summed E-state index contributed by atoms with van der Waals surface area (Å²) in [6, 6.07) is 7.15. The number of hydrogen-bond donors (Lipinski definition) is 1. The second-order valence-corrected chi connectivity index (χ2v) is 7.72. The molecule has 0 aromatic heterocycles. The molecule has 3 heteroatoms. The predicted molar refractivity (Wildman–Crippen MR) is 94.4 cm³/mol. The Balaban J connectivity index is 2.14. The minimum Gasteiger partial charge on any atom is -0.313 e. The van der Waals surface area contributed by atoms with E-state index < -0.39 is 0 Å². The molecule has 0 amide bonds. The predicted octanol–water partition coefficient (Wildman–Crippen LogP) is 5.53. The molecule has 1 fully saturated rings. The molecule has 0 bridgehead atoms. The van der Waals surface area contributed by atoms with Gasteiger partial charge in [0, 0.05) is 14.1 Å². The highest BCUT2D eigenvalue weighted by molar-refractivity contribution is 14.1. The molecule has 106 valence electrons. The highest BCUT2D eigenvalue weighted by Gasteiger charge is 2.28. The fraction of sp³-hybridized carbons (Fsp3) is 0.625. The Labute approximate surface area is 139 Å². The van der Waals surface area contributed by atoms with Gasteiger partial charge in [0.15, 0.2) is 0 Å². The van der Waals surface area contributed by atoms with Crippen molar-refractivity contribution in [2.75, 3.05) is 7.05 Å². The highest BCUT2D eigenvalue weighted by Crippen LogP contribution is 2.39. The average molecular weight is 436 g/mol. The number of benzene rings is 1. The van der Waals surface area contributed by atoms with E-state index in [1.54, 1.807) is 0 Å². The minimum atomic E-state index is 0.488. The van der Waals surface area contributed by atoms with Crippen molar-refractivity contribution in [2.45, 2.75) is 45.1 Å². The topological polar surface area (TPSA) is 12.0 Å². The van der Waals surface area contributed by atoms with Gasteiger partial charge in [-0.25, -0.2) is 0 Å². The summed E-state index contributed by atoms with van der Waals surface area (Å²) in [6.45, 7) is 2.33. The Bertz CT molecular complexity index is 413. The van der Waals surface area contributed by atoms with Gasteiger partial charge in [0.2, 0.25) is 0 Å². The minimum absolute atomic E-state index is 0.488. The lowest BCUT2D eigenvalue weighted by molar-refractivity contribution is 0.224. The molecule has 1 aliphatic rings. The molecule has 1 N–H and O–H groups in total. The summed E-state index contributed by atoms with van der Waals surface area (Å²) < 4.78 is 2.56. The molecule has 2 rings (SSSR count). The Morgan fingerprint density at radius 3 is 2.58 bits per heavy atom. The molecule has 1 saturated carbocycles. The standard InChI is InChI=1S/C16H23BrIN/c1-3-11-4-6-12(7-5-11)16(19-2)14-10-13(18)8-9-15(14)17/h8-12,16,19H,3-7H2,1-2H3. The van der Waals surface area contributed by atoms with Gasteiger partial charge in [-0.1, -0.05) is 42.1 Å². The van der Waals surface area contributed by atoms with Crippen molar-refractivity contribution >= 4 is 38.5 Å². The van der Waals surface area contributed by atoms with Gasteiger partial charge in [-0.15, -0.1) is 0 Å². The van der Waals surface area contributed by atoms with Crippen LogP contribution in [0.25, 0.3) is 0 Å². The van der Waals surface area contributed by atoms with Gasteiger partial charge in [0.1, 0.15) is 0 Å². The van der Waals surface area contributed by atoms with Crippen LogP contribution in [0.5, 0.6) is 0 Å². The molecule has 1 nitrogen and oxygen atoms in total. The van der Waals surface area contributed by atoms with Crippen LogP contribution in [0.3, 0.4) is 0 Å². The molecule has 19 heavy (non-hydrogen) atoms. The van der Waals surface area contributed by atoms with Crippen molar-refractivity contribution in [1.29, 1.82) is 0 Å². The number of rotatable bonds is 4. The third-order valence-electron chi connectivity index (χ3n) is 4.54. The van der Waals surface area contributed by atoms with E-state index in [1.807, 2.05) is 0 Å². The van der Waals surface area contributed by atoms with Gasteiger partial charge in [-0.2, -0.15) is 0 Å². The molecule has 0 spiro atoms. The zero-order chi connectivity index (χ0) is 13.8. The van der Waals surface area contributed by atoms with E-state index in [-0.39, 0.29) is 0 Å². The lowest BCUT2D eigenvalue weighted by Gasteiger charge is -2.34. The molecule has 1 atom stereocenters. The van der Waals surface area contributed by atoms with E-state index in [4.69, 9.17) is 0 Å². The number of nitrogens with one attached hydrogen (secondary N) is 1. The summed E-state index contributed by atoms with van der Waals surface area (Å²) in [7, 11) is 2.10. The summed E-state index contributed by atoms with van der Waals surface area (Å²) in [5.74, 6) is 1.75. The first-order valence-corrected chi connectivity index (χ1v) is 9.15.